The van der Waals surface area contributed by atoms with Gasteiger partial charge in [0.25, 0.3) is 0 Å². The fraction of sp³-hybridized carbons (Fsp3) is 0.500. The molecule has 6 nitrogen and oxygen atoms in total. The van der Waals surface area contributed by atoms with Gasteiger partial charge in [-0.05, 0) is 31.4 Å². The Kier molecular flexibility index (Phi) is 4.48. The first-order valence-electron chi connectivity index (χ1n) is 8.62. The van der Waals surface area contributed by atoms with Gasteiger partial charge in [-0.25, -0.2) is 14.4 Å². The molecule has 25 heavy (non-hydrogen) atoms. The van der Waals surface area contributed by atoms with Crippen LogP contribution in [0.15, 0.2) is 36.9 Å². The van der Waals surface area contributed by atoms with Crippen molar-refractivity contribution in [3.63, 3.8) is 0 Å². The average Bonchev–Trinajstić information content (AvgIpc) is 2.67. The van der Waals surface area contributed by atoms with E-state index < -0.39 is 5.82 Å². The molecule has 2 aromatic rings. The van der Waals surface area contributed by atoms with Crippen molar-refractivity contribution < 1.29 is 13.9 Å². The highest BCUT2D eigenvalue weighted by Gasteiger charge is 2.47. The van der Waals surface area contributed by atoms with Crippen LogP contribution in [0.5, 0.6) is 5.75 Å². The molecule has 0 aromatic carbocycles. The summed E-state index contributed by atoms with van der Waals surface area (Å²) in [5.74, 6) is 0.900. The number of nitrogens with zero attached hydrogens (tertiary/aromatic N) is 4. The Labute approximate surface area is 146 Å². The summed E-state index contributed by atoms with van der Waals surface area (Å²) in [5, 5.41) is 0. The zero-order valence-electron chi connectivity index (χ0n) is 14.0. The summed E-state index contributed by atoms with van der Waals surface area (Å²) in [6.07, 6.45) is 8.95. The number of hydrogen-bond donors (Lipinski definition) is 0. The SMILES string of the molecule is Fc1cnc(N2CC[C@H]3OCCC[C@]3(COc3cccnc3)C2)nc1. The molecule has 0 radical (unpaired) electrons. The molecule has 2 aromatic heterocycles. The average molecular weight is 344 g/mol. The van der Waals surface area contributed by atoms with E-state index in [1.165, 1.54) is 12.4 Å². The summed E-state index contributed by atoms with van der Waals surface area (Å²) in [7, 11) is 0. The van der Waals surface area contributed by atoms with E-state index in [1.54, 1.807) is 12.4 Å². The number of aromatic nitrogens is 3. The molecule has 0 spiro atoms. The molecule has 4 heterocycles. The highest BCUT2D eigenvalue weighted by Crippen LogP contribution is 2.41. The lowest BCUT2D eigenvalue weighted by atomic mass is 9.73. The number of piperidine rings is 1. The highest BCUT2D eigenvalue weighted by molar-refractivity contribution is 5.31. The summed E-state index contributed by atoms with van der Waals surface area (Å²) in [5.41, 5.74) is -0.121. The number of ether oxygens (including phenoxy) is 2. The molecule has 132 valence electrons. The minimum absolute atomic E-state index is 0.121. The molecule has 2 aliphatic heterocycles. The van der Waals surface area contributed by atoms with Crippen molar-refractivity contribution in [3.05, 3.63) is 42.7 Å². The monoisotopic (exact) mass is 344 g/mol. The second kappa shape index (κ2) is 6.92. The van der Waals surface area contributed by atoms with E-state index in [0.717, 1.165) is 44.7 Å². The third kappa shape index (κ3) is 3.42. The van der Waals surface area contributed by atoms with Gasteiger partial charge < -0.3 is 14.4 Å². The van der Waals surface area contributed by atoms with Crippen LogP contribution in [0.3, 0.4) is 0 Å². The van der Waals surface area contributed by atoms with E-state index in [0.29, 0.717) is 12.6 Å². The summed E-state index contributed by atoms with van der Waals surface area (Å²) in [6, 6.07) is 3.77. The maximum absolute atomic E-state index is 13.1. The van der Waals surface area contributed by atoms with Crippen LogP contribution in [0.2, 0.25) is 0 Å². The predicted molar refractivity (Wildman–Crippen MR) is 90.0 cm³/mol. The summed E-state index contributed by atoms with van der Waals surface area (Å²) in [4.78, 5) is 14.5. The van der Waals surface area contributed by atoms with E-state index in [1.807, 2.05) is 12.1 Å². The van der Waals surface area contributed by atoms with Crippen LogP contribution in [0.25, 0.3) is 0 Å². The Hall–Kier alpha value is -2.28. The van der Waals surface area contributed by atoms with Crippen molar-refractivity contribution in [2.45, 2.75) is 25.4 Å². The van der Waals surface area contributed by atoms with Gasteiger partial charge in [-0.15, -0.1) is 0 Å². The fourth-order valence-corrected chi connectivity index (χ4v) is 3.80. The molecule has 0 amide bonds. The number of fused-ring (bicyclic) bond motifs is 1. The van der Waals surface area contributed by atoms with Gasteiger partial charge in [-0.1, -0.05) is 0 Å². The van der Waals surface area contributed by atoms with Gasteiger partial charge in [-0.3, -0.25) is 4.98 Å². The van der Waals surface area contributed by atoms with Gasteiger partial charge in [0, 0.05) is 31.3 Å². The van der Waals surface area contributed by atoms with Crippen LogP contribution in [0.1, 0.15) is 19.3 Å². The van der Waals surface area contributed by atoms with Crippen LogP contribution < -0.4 is 9.64 Å². The number of anilines is 1. The smallest absolute Gasteiger partial charge is 0.225 e. The Morgan fingerprint density at radius 2 is 2.20 bits per heavy atom. The van der Waals surface area contributed by atoms with Crippen LogP contribution in [-0.4, -0.2) is 47.4 Å². The second-order valence-electron chi connectivity index (χ2n) is 6.71. The summed E-state index contributed by atoms with van der Waals surface area (Å²) < 4.78 is 25.2. The van der Waals surface area contributed by atoms with E-state index in [2.05, 4.69) is 19.9 Å². The van der Waals surface area contributed by atoms with Gasteiger partial charge >= 0.3 is 0 Å². The van der Waals surface area contributed by atoms with Crippen molar-refractivity contribution in [3.8, 4) is 5.75 Å². The summed E-state index contributed by atoms with van der Waals surface area (Å²) >= 11 is 0. The molecule has 0 bridgehead atoms. The maximum Gasteiger partial charge on any atom is 0.225 e. The molecule has 0 saturated carbocycles. The molecule has 0 N–H and O–H groups in total. The third-order valence-electron chi connectivity index (χ3n) is 5.04. The standard InChI is InChI=1S/C18H21FN4O2/c19-14-9-21-17(22-10-14)23-7-4-16-18(12-23,5-2-8-24-16)13-25-15-3-1-6-20-11-15/h1,3,6,9-11,16H,2,4-5,7-8,12-13H2/t16-,18-/m1/s1. The van der Waals surface area contributed by atoms with E-state index in [4.69, 9.17) is 9.47 Å². The van der Waals surface area contributed by atoms with E-state index in [9.17, 15) is 4.39 Å². The molecule has 0 unspecified atom stereocenters. The zero-order chi connectivity index (χ0) is 17.1. The maximum atomic E-state index is 13.1. The van der Waals surface area contributed by atoms with Gasteiger partial charge in [-0.2, -0.15) is 0 Å². The number of halogens is 1. The third-order valence-corrected chi connectivity index (χ3v) is 5.04. The molecule has 2 atom stereocenters. The van der Waals surface area contributed by atoms with Gasteiger partial charge in [0.2, 0.25) is 5.95 Å². The summed E-state index contributed by atoms with van der Waals surface area (Å²) in [6.45, 7) is 2.89. The lowest BCUT2D eigenvalue weighted by molar-refractivity contribution is -0.110. The normalized spacial score (nSPS) is 26.1. The van der Waals surface area contributed by atoms with Crippen molar-refractivity contribution in [1.82, 2.24) is 15.0 Å². The fourth-order valence-electron chi connectivity index (χ4n) is 3.80. The Bertz CT molecular complexity index is 700. The lowest BCUT2D eigenvalue weighted by Crippen LogP contribution is -2.57. The molecule has 2 aliphatic rings. The van der Waals surface area contributed by atoms with Crippen molar-refractivity contribution in [1.29, 1.82) is 0 Å². The molecule has 4 rings (SSSR count). The zero-order valence-corrected chi connectivity index (χ0v) is 14.0. The van der Waals surface area contributed by atoms with Gasteiger partial charge in [0.05, 0.1) is 31.3 Å². The van der Waals surface area contributed by atoms with Crippen molar-refractivity contribution in [2.75, 3.05) is 31.2 Å². The van der Waals surface area contributed by atoms with Gasteiger partial charge in [0.15, 0.2) is 5.82 Å². The molecule has 2 fully saturated rings. The van der Waals surface area contributed by atoms with Crippen LogP contribution in [0, 0.1) is 11.2 Å². The largest absolute Gasteiger partial charge is 0.491 e. The van der Waals surface area contributed by atoms with Crippen molar-refractivity contribution >= 4 is 5.95 Å². The molecule has 7 heteroatoms. The Balaban J connectivity index is 1.53. The quantitative estimate of drug-likeness (QED) is 0.849. The lowest BCUT2D eigenvalue weighted by Gasteiger charge is -2.50. The minimum atomic E-state index is -0.422. The molecule has 0 aliphatic carbocycles. The Morgan fingerprint density at radius 3 is 3.00 bits per heavy atom. The number of pyridine rings is 1. The first kappa shape index (κ1) is 16.2. The first-order chi connectivity index (χ1) is 12.3. The van der Waals surface area contributed by atoms with Crippen LogP contribution in [-0.2, 0) is 4.74 Å². The van der Waals surface area contributed by atoms with E-state index >= 15 is 0 Å². The minimum Gasteiger partial charge on any atom is -0.491 e. The number of hydrogen-bond acceptors (Lipinski definition) is 6. The first-order valence-corrected chi connectivity index (χ1v) is 8.62. The molecular weight excluding hydrogens is 323 g/mol. The topological polar surface area (TPSA) is 60.4 Å². The number of rotatable bonds is 4. The Morgan fingerprint density at radius 1 is 1.32 bits per heavy atom. The van der Waals surface area contributed by atoms with Crippen LogP contribution in [0.4, 0.5) is 10.3 Å². The van der Waals surface area contributed by atoms with Crippen molar-refractivity contribution in [2.24, 2.45) is 5.41 Å². The van der Waals surface area contributed by atoms with E-state index in [-0.39, 0.29) is 11.5 Å². The molecular formula is C18H21FN4O2. The van der Waals surface area contributed by atoms with Crippen LogP contribution >= 0.6 is 0 Å². The van der Waals surface area contributed by atoms with Gasteiger partial charge in [0.1, 0.15) is 5.75 Å². The molecule has 2 saturated heterocycles. The second-order valence-corrected chi connectivity index (χ2v) is 6.71. The highest BCUT2D eigenvalue weighted by atomic mass is 19.1. The predicted octanol–water partition coefficient (Wildman–Crippen LogP) is 2.47.